The molecule has 10 nitrogen and oxygen atoms in total. The van der Waals surface area contributed by atoms with Crippen molar-refractivity contribution in [3.05, 3.63) is 58.6 Å². The van der Waals surface area contributed by atoms with Crippen LogP contribution in [0.3, 0.4) is 0 Å². The van der Waals surface area contributed by atoms with Gasteiger partial charge in [-0.3, -0.25) is 19.0 Å². The molecular formula is C25H33N7O3S. The third kappa shape index (κ3) is 6.88. The van der Waals surface area contributed by atoms with Gasteiger partial charge in [-0.2, -0.15) is 0 Å². The number of piperidine rings is 1. The minimum atomic E-state index is -1.15. The molecule has 1 saturated heterocycles. The van der Waals surface area contributed by atoms with Gasteiger partial charge in [0, 0.05) is 31.2 Å². The van der Waals surface area contributed by atoms with Crippen LogP contribution in [0.4, 0.5) is 5.82 Å². The summed E-state index contributed by atoms with van der Waals surface area (Å²) in [5.74, 6) is 0.570. The van der Waals surface area contributed by atoms with E-state index in [2.05, 4.69) is 20.5 Å². The number of Topliss-reactive ketones (excluding diaryl/α,β-unsaturated/α-hetero) is 1. The average molecular weight is 512 g/mol. The van der Waals surface area contributed by atoms with Gasteiger partial charge in [0.1, 0.15) is 5.54 Å². The SMILES string of the molecule is CC(=N)C(=N)CNc1nccn(C2(C(=O)NCC(=O)CSCc3ccccc3)CCN(C)CC2)c1=O. The van der Waals surface area contributed by atoms with E-state index in [1.165, 1.54) is 35.6 Å². The van der Waals surface area contributed by atoms with Gasteiger partial charge in [-0.05, 0) is 32.4 Å². The topological polar surface area (TPSA) is 144 Å². The van der Waals surface area contributed by atoms with Crippen molar-refractivity contribution < 1.29 is 9.59 Å². The molecule has 1 aliphatic heterocycles. The first-order valence-electron chi connectivity index (χ1n) is 11.8. The summed E-state index contributed by atoms with van der Waals surface area (Å²) in [5, 5.41) is 20.9. The minimum Gasteiger partial charge on any atom is -0.360 e. The lowest BCUT2D eigenvalue weighted by molar-refractivity contribution is -0.134. The Labute approximate surface area is 214 Å². The summed E-state index contributed by atoms with van der Waals surface area (Å²) in [6.45, 7) is 2.62. The van der Waals surface area contributed by atoms with Crippen molar-refractivity contribution in [1.82, 2.24) is 19.8 Å². The second-order valence-electron chi connectivity index (χ2n) is 8.94. The molecule has 0 bridgehead atoms. The van der Waals surface area contributed by atoms with Gasteiger partial charge >= 0.3 is 0 Å². The summed E-state index contributed by atoms with van der Waals surface area (Å²) in [5.41, 5.74) is -0.348. The molecule has 0 spiro atoms. The van der Waals surface area contributed by atoms with Gasteiger partial charge in [-0.25, -0.2) is 4.98 Å². The van der Waals surface area contributed by atoms with Crippen LogP contribution in [0.25, 0.3) is 0 Å². The van der Waals surface area contributed by atoms with Gasteiger partial charge in [0.05, 0.1) is 30.3 Å². The van der Waals surface area contributed by atoms with Crippen LogP contribution in [0.2, 0.25) is 0 Å². The molecular weight excluding hydrogens is 478 g/mol. The van der Waals surface area contributed by atoms with Crippen molar-refractivity contribution in [1.29, 1.82) is 10.8 Å². The highest BCUT2D eigenvalue weighted by atomic mass is 32.2. The molecule has 1 aliphatic rings. The molecule has 0 saturated carbocycles. The second-order valence-corrected chi connectivity index (χ2v) is 9.93. The van der Waals surface area contributed by atoms with Gasteiger partial charge < -0.3 is 26.4 Å². The van der Waals surface area contributed by atoms with Crippen LogP contribution in [0, 0.1) is 10.8 Å². The Morgan fingerprint density at radius 1 is 1.14 bits per heavy atom. The number of aromatic nitrogens is 2. The predicted octanol–water partition coefficient (Wildman–Crippen LogP) is 1.75. The van der Waals surface area contributed by atoms with Crippen molar-refractivity contribution in [2.75, 3.05) is 44.3 Å². The largest absolute Gasteiger partial charge is 0.360 e. The van der Waals surface area contributed by atoms with Crippen LogP contribution in [0.1, 0.15) is 25.3 Å². The Kier molecular flexibility index (Phi) is 9.54. The molecule has 1 fully saturated rings. The van der Waals surface area contributed by atoms with Crippen LogP contribution in [0.5, 0.6) is 0 Å². The minimum absolute atomic E-state index is 0.0152. The number of nitrogens with zero attached hydrogens (tertiary/aromatic N) is 3. The summed E-state index contributed by atoms with van der Waals surface area (Å²) < 4.78 is 1.40. The molecule has 0 aliphatic carbocycles. The monoisotopic (exact) mass is 511 g/mol. The zero-order chi connectivity index (χ0) is 26.1. The van der Waals surface area contributed by atoms with Gasteiger partial charge in [0.25, 0.3) is 5.56 Å². The number of hydrogen-bond donors (Lipinski definition) is 4. The molecule has 11 heteroatoms. The zero-order valence-corrected chi connectivity index (χ0v) is 21.5. The van der Waals surface area contributed by atoms with E-state index in [0.29, 0.717) is 31.7 Å². The standard InChI is InChI=1S/C25H33N7O3S/c1-18(26)21(27)15-29-22-23(34)32(13-10-28-22)25(8-11-31(2)12-9-25)24(35)30-14-20(33)17-36-16-19-6-4-3-5-7-19/h3-7,10,13,26-27H,8-9,11-12,14-17H2,1-2H3,(H,28,29)(H,30,35). The molecule has 0 unspecified atom stereocenters. The lowest BCUT2D eigenvalue weighted by Gasteiger charge is -2.40. The van der Waals surface area contributed by atoms with E-state index in [-0.39, 0.29) is 47.8 Å². The van der Waals surface area contributed by atoms with Gasteiger partial charge in [0.15, 0.2) is 11.6 Å². The summed E-state index contributed by atoms with van der Waals surface area (Å²) in [7, 11) is 1.96. The molecule has 4 N–H and O–H groups in total. The summed E-state index contributed by atoms with van der Waals surface area (Å²) in [4.78, 5) is 45.5. The van der Waals surface area contributed by atoms with E-state index in [1.807, 2.05) is 37.4 Å². The average Bonchev–Trinajstić information content (AvgIpc) is 2.87. The molecule has 2 heterocycles. The molecule has 1 aromatic heterocycles. The summed E-state index contributed by atoms with van der Waals surface area (Å²) >= 11 is 1.50. The number of anilines is 1. The normalized spacial score (nSPS) is 15.2. The fourth-order valence-electron chi connectivity index (χ4n) is 3.99. The number of ketones is 1. The number of carbonyl (C=O) groups excluding carboxylic acids is 2. The van der Waals surface area contributed by atoms with Crippen molar-refractivity contribution >= 4 is 40.7 Å². The first-order valence-corrected chi connectivity index (χ1v) is 12.9. The molecule has 3 rings (SSSR count). The number of carbonyl (C=O) groups is 2. The number of benzene rings is 1. The summed E-state index contributed by atoms with van der Waals surface area (Å²) in [6, 6.07) is 9.88. The first-order chi connectivity index (χ1) is 17.2. The fourth-order valence-corrected chi connectivity index (χ4v) is 4.85. The molecule has 36 heavy (non-hydrogen) atoms. The molecule has 0 radical (unpaired) electrons. The number of amides is 1. The van der Waals surface area contributed by atoms with Crippen molar-refractivity contribution in [2.45, 2.75) is 31.1 Å². The van der Waals surface area contributed by atoms with Crippen LogP contribution < -0.4 is 16.2 Å². The van der Waals surface area contributed by atoms with E-state index < -0.39 is 11.1 Å². The lowest BCUT2D eigenvalue weighted by atomic mass is 9.86. The molecule has 0 atom stereocenters. The second kappa shape index (κ2) is 12.6. The maximum absolute atomic E-state index is 13.5. The van der Waals surface area contributed by atoms with E-state index in [1.54, 1.807) is 0 Å². The maximum Gasteiger partial charge on any atom is 0.294 e. The Morgan fingerprint density at radius 2 is 1.83 bits per heavy atom. The number of nitrogens with one attached hydrogen (secondary N) is 4. The van der Waals surface area contributed by atoms with Crippen LogP contribution >= 0.6 is 11.8 Å². The highest BCUT2D eigenvalue weighted by Gasteiger charge is 2.43. The van der Waals surface area contributed by atoms with Crippen molar-refractivity contribution in [3.63, 3.8) is 0 Å². The van der Waals surface area contributed by atoms with Crippen molar-refractivity contribution in [2.24, 2.45) is 0 Å². The Hall–Kier alpha value is -3.31. The highest BCUT2D eigenvalue weighted by molar-refractivity contribution is 7.99. The third-order valence-electron chi connectivity index (χ3n) is 6.24. The number of hydrogen-bond acceptors (Lipinski definition) is 9. The third-order valence-corrected chi connectivity index (χ3v) is 7.31. The molecule has 192 valence electrons. The van der Waals surface area contributed by atoms with Crippen LogP contribution in [-0.2, 0) is 20.9 Å². The van der Waals surface area contributed by atoms with E-state index in [9.17, 15) is 14.4 Å². The molecule has 1 amide bonds. The summed E-state index contributed by atoms with van der Waals surface area (Å²) in [6.07, 6.45) is 3.77. The molecule has 1 aromatic carbocycles. The Bertz CT molecular complexity index is 1160. The van der Waals surface area contributed by atoms with Crippen LogP contribution in [0.15, 0.2) is 47.5 Å². The van der Waals surface area contributed by atoms with E-state index in [4.69, 9.17) is 10.8 Å². The fraction of sp³-hybridized carbons (Fsp3) is 0.440. The van der Waals surface area contributed by atoms with Crippen LogP contribution in [-0.4, -0.2) is 76.5 Å². The lowest BCUT2D eigenvalue weighted by Crippen LogP contribution is -2.58. The van der Waals surface area contributed by atoms with Gasteiger partial charge in [-0.15, -0.1) is 11.8 Å². The van der Waals surface area contributed by atoms with E-state index in [0.717, 1.165) is 5.56 Å². The number of likely N-dealkylation sites (tertiary alicyclic amines) is 1. The van der Waals surface area contributed by atoms with Crippen molar-refractivity contribution in [3.8, 4) is 0 Å². The molecule has 2 aromatic rings. The predicted molar refractivity (Wildman–Crippen MR) is 143 cm³/mol. The Morgan fingerprint density at radius 3 is 2.50 bits per heavy atom. The van der Waals surface area contributed by atoms with Gasteiger partial charge in [-0.1, -0.05) is 30.3 Å². The quantitative estimate of drug-likeness (QED) is 0.318. The number of thioether (sulfide) groups is 1. The number of rotatable bonds is 12. The maximum atomic E-state index is 13.5. The first kappa shape index (κ1) is 27.3. The van der Waals surface area contributed by atoms with Gasteiger partial charge in [0.2, 0.25) is 5.91 Å². The van der Waals surface area contributed by atoms with E-state index >= 15 is 0 Å². The Balaban J connectivity index is 1.70. The smallest absolute Gasteiger partial charge is 0.294 e. The highest BCUT2D eigenvalue weighted by Crippen LogP contribution is 2.29. The zero-order valence-electron chi connectivity index (χ0n) is 20.7.